The molecule has 0 saturated carbocycles. The van der Waals surface area contributed by atoms with E-state index in [1.807, 2.05) is 0 Å². The van der Waals surface area contributed by atoms with Crippen LogP contribution >= 0.6 is 0 Å². The highest BCUT2D eigenvalue weighted by atomic mass is 19.3. The summed E-state index contributed by atoms with van der Waals surface area (Å²) in [5.41, 5.74) is 0. The molecular formula is C8H13F2NO. The molecule has 1 aliphatic rings. The van der Waals surface area contributed by atoms with E-state index in [9.17, 15) is 13.6 Å². The van der Waals surface area contributed by atoms with Gasteiger partial charge in [0, 0.05) is 18.9 Å². The minimum atomic E-state index is -2.93. The summed E-state index contributed by atoms with van der Waals surface area (Å²) in [7, 11) is 0. The van der Waals surface area contributed by atoms with E-state index < -0.39 is 18.0 Å². The van der Waals surface area contributed by atoms with Gasteiger partial charge in [-0.25, -0.2) is 0 Å². The van der Waals surface area contributed by atoms with Crippen molar-refractivity contribution in [3.05, 3.63) is 0 Å². The van der Waals surface area contributed by atoms with Crippen LogP contribution in [0.4, 0.5) is 8.78 Å². The second-order valence-corrected chi connectivity index (χ2v) is 3.38. The Hall–Kier alpha value is -0.670. The number of piperidine rings is 1. The first-order valence-electron chi connectivity index (χ1n) is 4.15. The molecule has 0 unspecified atom stereocenters. The van der Waals surface area contributed by atoms with Gasteiger partial charge in [-0.15, -0.1) is 0 Å². The van der Waals surface area contributed by atoms with Gasteiger partial charge in [0.15, 0.2) is 0 Å². The highest BCUT2D eigenvalue weighted by Gasteiger charge is 2.44. The van der Waals surface area contributed by atoms with Crippen molar-refractivity contribution in [2.75, 3.05) is 0 Å². The summed E-state index contributed by atoms with van der Waals surface area (Å²) < 4.78 is 26.2. The van der Waals surface area contributed by atoms with Crippen molar-refractivity contribution in [1.82, 2.24) is 4.90 Å². The van der Waals surface area contributed by atoms with Crippen molar-refractivity contribution in [2.45, 2.75) is 45.2 Å². The summed E-state index contributed by atoms with van der Waals surface area (Å²) >= 11 is 0. The van der Waals surface area contributed by atoms with E-state index in [4.69, 9.17) is 0 Å². The summed E-state index contributed by atoms with van der Waals surface area (Å²) in [6.07, 6.45) is 0.361. The van der Waals surface area contributed by atoms with Crippen LogP contribution in [-0.2, 0) is 4.79 Å². The lowest BCUT2D eigenvalue weighted by atomic mass is 10.1. The molecule has 70 valence electrons. The number of alkyl halides is 2. The van der Waals surface area contributed by atoms with Gasteiger partial charge in [-0.2, -0.15) is 8.78 Å². The van der Waals surface area contributed by atoms with Crippen molar-refractivity contribution < 1.29 is 13.6 Å². The SMILES string of the molecule is CC(C)N1C(=O)CCCC1(F)F. The molecule has 2 nitrogen and oxygen atoms in total. The maximum Gasteiger partial charge on any atom is 0.328 e. The first-order chi connectivity index (χ1) is 5.45. The number of carbonyl (C=O) groups is 1. The van der Waals surface area contributed by atoms with Crippen LogP contribution in [0.5, 0.6) is 0 Å². The van der Waals surface area contributed by atoms with Crippen LogP contribution in [0, 0.1) is 0 Å². The first kappa shape index (κ1) is 9.42. The summed E-state index contributed by atoms with van der Waals surface area (Å²) in [6, 6.07) is -3.34. The molecule has 0 N–H and O–H groups in total. The van der Waals surface area contributed by atoms with Gasteiger partial charge in [0.1, 0.15) is 0 Å². The van der Waals surface area contributed by atoms with E-state index >= 15 is 0 Å². The third-order valence-electron chi connectivity index (χ3n) is 2.01. The standard InChI is InChI=1S/C8H13F2NO/c1-6(2)11-7(12)4-3-5-8(11,9)10/h6H,3-5H2,1-2H3. The molecule has 0 radical (unpaired) electrons. The molecule has 4 heteroatoms. The Balaban J connectivity index is 2.81. The topological polar surface area (TPSA) is 20.3 Å². The molecule has 1 rings (SSSR count). The monoisotopic (exact) mass is 177 g/mol. The quantitative estimate of drug-likeness (QED) is 0.561. The Morgan fingerprint density at radius 2 is 2.08 bits per heavy atom. The number of amides is 1. The summed E-state index contributed by atoms with van der Waals surface area (Å²) in [4.78, 5) is 11.8. The first-order valence-corrected chi connectivity index (χ1v) is 4.15. The van der Waals surface area contributed by atoms with Crippen LogP contribution in [0.25, 0.3) is 0 Å². The summed E-state index contributed by atoms with van der Waals surface area (Å²) in [5, 5.41) is 0. The van der Waals surface area contributed by atoms with Gasteiger partial charge < -0.3 is 0 Å². The van der Waals surface area contributed by atoms with E-state index in [2.05, 4.69) is 0 Å². The van der Waals surface area contributed by atoms with Crippen molar-refractivity contribution in [3.63, 3.8) is 0 Å². The van der Waals surface area contributed by atoms with E-state index in [1.165, 1.54) is 0 Å². The van der Waals surface area contributed by atoms with E-state index in [-0.39, 0.29) is 12.8 Å². The highest BCUT2D eigenvalue weighted by Crippen LogP contribution is 2.33. The van der Waals surface area contributed by atoms with E-state index in [0.29, 0.717) is 11.3 Å². The Morgan fingerprint density at radius 1 is 1.50 bits per heavy atom. The molecule has 1 heterocycles. The fraction of sp³-hybridized carbons (Fsp3) is 0.875. The third kappa shape index (κ3) is 1.57. The number of nitrogens with zero attached hydrogens (tertiary/aromatic N) is 1. The lowest BCUT2D eigenvalue weighted by Crippen LogP contribution is -2.52. The molecule has 0 aliphatic carbocycles. The van der Waals surface area contributed by atoms with Crippen LogP contribution < -0.4 is 0 Å². The molecule has 0 aromatic heterocycles. The van der Waals surface area contributed by atoms with Gasteiger partial charge in [0.05, 0.1) is 0 Å². The van der Waals surface area contributed by atoms with E-state index in [1.54, 1.807) is 13.8 Å². The fourth-order valence-corrected chi connectivity index (χ4v) is 1.54. The molecule has 1 fully saturated rings. The molecule has 0 atom stereocenters. The summed E-state index contributed by atoms with van der Waals surface area (Å²) in [6.45, 7) is 3.22. The van der Waals surface area contributed by atoms with Gasteiger partial charge in [-0.05, 0) is 20.3 Å². The highest BCUT2D eigenvalue weighted by molar-refractivity contribution is 5.77. The molecule has 1 saturated heterocycles. The van der Waals surface area contributed by atoms with Crippen LogP contribution in [0.1, 0.15) is 33.1 Å². The van der Waals surface area contributed by atoms with Crippen molar-refractivity contribution >= 4 is 5.91 Å². The number of likely N-dealkylation sites (tertiary alicyclic amines) is 1. The van der Waals surface area contributed by atoms with Crippen molar-refractivity contribution in [1.29, 1.82) is 0 Å². The lowest BCUT2D eigenvalue weighted by molar-refractivity contribution is -0.193. The molecule has 12 heavy (non-hydrogen) atoms. The second-order valence-electron chi connectivity index (χ2n) is 3.38. The molecule has 1 aliphatic heterocycles. The number of carbonyl (C=O) groups excluding carboxylic acids is 1. The molecular weight excluding hydrogens is 164 g/mol. The zero-order valence-corrected chi connectivity index (χ0v) is 7.31. The Bertz CT molecular complexity index is 191. The number of hydrogen-bond acceptors (Lipinski definition) is 1. The molecule has 0 spiro atoms. The minimum Gasteiger partial charge on any atom is -0.281 e. The second kappa shape index (κ2) is 2.99. The van der Waals surface area contributed by atoms with Gasteiger partial charge >= 0.3 is 6.05 Å². The van der Waals surface area contributed by atoms with Crippen molar-refractivity contribution in [3.8, 4) is 0 Å². The van der Waals surface area contributed by atoms with Gasteiger partial charge in [0.25, 0.3) is 0 Å². The van der Waals surface area contributed by atoms with Crippen LogP contribution in [-0.4, -0.2) is 22.9 Å². The zero-order chi connectivity index (χ0) is 9.35. The third-order valence-corrected chi connectivity index (χ3v) is 2.01. The average Bonchev–Trinajstić information content (AvgIpc) is 1.82. The largest absolute Gasteiger partial charge is 0.328 e. The predicted molar refractivity (Wildman–Crippen MR) is 40.8 cm³/mol. The smallest absolute Gasteiger partial charge is 0.281 e. The van der Waals surface area contributed by atoms with E-state index in [0.717, 1.165) is 0 Å². The number of hydrogen-bond donors (Lipinski definition) is 0. The predicted octanol–water partition coefficient (Wildman–Crippen LogP) is 2.00. The maximum absolute atomic E-state index is 13.1. The van der Waals surface area contributed by atoms with Crippen LogP contribution in [0.3, 0.4) is 0 Å². The lowest BCUT2D eigenvalue weighted by Gasteiger charge is -2.37. The normalized spacial score (nSPS) is 23.4. The summed E-state index contributed by atoms with van der Waals surface area (Å²) in [5.74, 6) is -0.429. The van der Waals surface area contributed by atoms with Gasteiger partial charge in [-0.1, -0.05) is 0 Å². The average molecular weight is 177 g/mol. The molecule has 1 amide bonds. The molecule has 0 aromatic rings. The van der Waals surface area contributed by atoms with Crippen molar-refractivity contribution in [2.24, 2.45) is 0 Å². The Morgan fingerprint density at radius 3 is 2.42 bits per heavy atom. The minimum absolute atomic E-state index is 0.197. The number of halogens is 2. The van der Waals surface area contributed by atoms with Crippen LogP contribution in [0.15, 0.2) is 0 Å². The Kier molecular flexibility index (Phi) is 2.35. The molecule has 0 bridgehead atoms. The van der Waals surface area contributed by atoms with Crippen LogP contribution in [0.2, 0.25) is 0 Å². The fourth-order valence-electron chi connectivity index (χ4n) is 1.54. The molecule has 0 aromatic carbocycles. The Labute approximate surface area is 70.5 Å². The van der Waals surface area contributed by atoms with Gasteiger partial charge in [0.2, 0.25) is 5.91 Å². The zero-order valence-electron chi connectivity index (χ0n) is 7.31. The maximum atomic E-state index is 13.1. The number of rotatable bonds is 1. The van der Waals surface area contributed by atoms with Gasteiger partial charge in [-0.3, -0.25) is 9.69 Å².